The van der Waals surface area contributed by atoms with E-state index in [2.05, 4.69) is 12.2 Å². The van der Waals surface area contributed by atoms with Gasteiger partial charge in [-0.1, -0.05) is 6.42 Å². The van der Waals surface area contributed by atoms with E-state index in [0.29, 0.717) is 12.0 Å². The van der Waals surface area contributed by atoms with E-state index in [1.165, 1.54) is 30.6 Å². The van der Waals surface area contributed by atoms with E-state index in [9.17, 15) is 4.79 Å². The highest BCUT2D eigenvalue weighted by molar-refractivity contribution is 7.13. The summed E-state index contributed by atoms with van der Waals surface area (Å²) in [4.78, 5) is 14.2. The fourth-order valence-corrected chi connectivity index (χ4v) is 4.62. The monoisotopic (exact) mass is 263 g/mol. The van der Waals surface area contributed by atoms with Gasteiger partial charge in [-0.05, 0) is 63.0 Å². The second-order valence-electron chi connectivity index (χ2n) is 6.01. The Morgan fingerprint density at radius 3 is 2.78 bits per heavy atom. The van der Waals surface area contributed by atoms with Gasteiger partial charge in [-0.2, -0.15) is 0 Å². The lowest BCUT2D eigenvalue weighted by molar-refractivity contribution is 0.0919. The second-order valence-corrected chi connectivity index (χ2v) is 7.30. The number of thiophene rings is 1. The average molecular weight is 263 g/mol. The molecule has 4 atom stereocenters. The number of nitrogens with one attached hydrogen (secondary N) is 1. The number of carbonyl (C=O) groups excluding carboxylic acids is 1. The smallest absolute Gasteiger partial charge is 0.261 e. The zero-order valence-corrected chi connectivity index (χ0v) is 11.9. The number of hydrogen-bond donors (Lipinski definition) is 1. The molecular formula is C15H21NOS. The number of fused-ring (bicyclic) bond motifs is 2. The van der Waals surface area contributed by atoms with Crippen molar-refractivity contribution in [3.8, 4) is 0 Å². The van der Waals surface area contributed by atoms with Gasteiger partial charge < -0.3 is 5.32 Å². The summed E-state index contributed by atoms with van der Waals surface area (Å²) < 4.78 is 0. The van der Waals surface area contributed by atoms with Gasteiger partial charge in [0.2, 0.25) is 0 Å². The van der Waals surface area contributed by atoms with Crippen LogP contribution in [0, 0.1) is 24.7 Å². The van der Waals surface area contributed by atoms with Crippen LogP contribution in [-0.2, 0) is 0 Å². The lowest BCUT2D eigenvalue weighted by atomic mass is 9.84. The van der Waals surface area contributed by atoms with Crippen LogP contribution < -0.4 is 5.32 Å². The van der Waals surface area contributed by atoms with Crippen LogP contribution in [0.15, 0.2) is 12.1 Å². The molecule has 98 valence electrons. The number of amides is 1. The van der Waals surface area contributed by atoms with E-state index in [1.807, 2.05) is 19.1 Å². The summed E-state index contributed by atoms with van der Waals surface area (Å²) in [6, 6.07) is 4.28. The van der Waals surface area contributed by atoms with Crippen molar-refractivity contribution in [3.05, 3.63) is 21.9 Å². The minimum Gasteiger partial charge on any atom is -0.349 e. The maximum absolute atomic E-state index is 12.1. The molecule has 0 saturated heterocycles. The first kappa shape index (κ1) is 12.2. The zero-order chi connectivity index (χ0) is 12.7. The fourth-order valence-electron chi connectivity index (χ4n) is 3.85. The van der Waals surface area contributed by atoms with E-state index < -0.39 is 0 Å². The van der Waals surface area contributed by atoms with E-state index >= 15 is 0 Å². The molecule has 0 aliphatic heterocycles. The lowest BCUT2D eigenvalue weighted by Crippen LogP contribution is -2.39. The van der Waals surface area contributed by atoms with E-state index in [-0.39, 0.29) is 5.91 Å². The van der Waals surface area contributed by atoms with Gasteiger partial charge in [-0.3, -0.25) is 4.79 Å². The Balaban J connectivity index is 1.61. The molecule has 2 nitrogen and oxygen atoms in total. The van der Waals surface area contributed by atoms with Gasteiger partial charge in [0.15, 0.2) is 0 Å². The normalized spacial score (nSPS) is 31.6. The van der Waals surface area contributed by atoms with E-state index in [4.69, 9.17) is 0 Å². The van der Waals surface area contributed by atoms with Crippen LogP contribution in [0.1, 0.15) is 47.2 Å². The van der Waals surface area contributed by atoms with Crippen LogP contribution in [0.4, 0.5) is 0 Å². The molecule has 1 aromatic heterocycles. The summed E-state index contributed by atoms with van der Waals surface area (Å²) in [6.45, 7) is 4.23. The van der Waals surface area contributed by atoms with Crippen LogP contribution >= 0.6 is 11.3 Å². The summed E-state index contributed by atoms with van der Waals surface area (Å²) >= 11 is 1.58. The van der Waals surface area contributed by atoms with Crippen LogP contribution in [0.5, 0.6) is 0 Å². The van der Waals surface area contributed by atoms with E-state index in [1.54, 1.807) is 11.3 Å². The maximum Gasteiger partial charge on any atom is 0.261 e. The Kier molecular flexibility index (Phi) is 3.18. The van der Waals surface area contributed by atoms with Gasteiger partial charge in [0, 0.05) is 10.9 Å². The third-order valence-electron chi connectivity index (χ3n) is 4.76. The van der Waals surface area contributed by atoms with Crippen molar-refractivity contribution in [3.63, 3.8) is 0 Å². The molecule has 0 unspecified atom stereocenters. The van der Waals surface area contributed by atoms with Gasteiger partial charge in [-0.15, -0.1) is 11.3 Å². The molecule has 2 saturated carbocycles. The fraction of sp³-hybridized carbons (Fsp3) is 0.667. The van der Waals surface area contributed by atoms with Gasteiger partial charge in [-0.25, -0.2) is 0 Å². The van der Waals surface area contributed by atoms with Crippen molar-refractivity contribution in [2.45, 2.75) is 45.6 Å². The SMILES string of the molecule is Cc1ccc(C(=O)N[C@@H](C)[C@@H]2C[C@@H]3CC[C@@H]2C3)s1. The molecule has 3 rings (SSSR count). The lowest BCUT2D eigenvalue weighted by Gasteiger charge is -2.28. The molecule has 2 aliphatic rings. The number of rotatable bonds is 3. The molecule has 0 aromatic carbocycles. The van der Waals surface area contributed by atoms with Crippen LogP contribution in [0.2, 0.25) is 0 Å². The third kappa shape index (κ3) is 2.20. The molecule has 0 radical (unpaired) electrons. The van der Waals surface area contributed by atoms with Crippen molar-refractivity contribution in [2.24, 2.45) is 17.8 Å². The maximum atomic E-state index is 12.1. The Bertz CT molecular complexity index is 453. The Hall–Kier alpha value is -0.830. The molecule has 2 aliphatic carbocycles. The quantitative estimate of drug-likeness (QED) is 0.887. The van der Waals surface area contributed by atoms with Crippen molar-refractivity contribution in [2.75, 3.05) is 0 Å². The third-order valence-corrected chi connectivity index (χ3v) is 5.76. The summed E-state index contributed by atoms with van der Waals surface area (Å²) in [5, 5.41) is 3.21. The molecule has 2 fully saturated rings. The van der Waals surface area contributed by atoms with Crippen molar-refractivity contribution < 1.29 is 4.79 Å². The standard InChI is InChI=1S/C15H21NOS/c1-9-3-6-14(18-9)15(17)16-10(2)13-8-11-4-5-12(13)7-11/h3,6,10-13H,4-5,7-8H2,1-2H3,(H,16,17)/t10-,11+,12+,13-/m0/s1. The molecule has 2 bridgehead atoms. The van der Waals surface area contributed by atoms with Gasteiger partial charge in [0.05, 0.1) is 4.88 Å². The summed E-state index contributed by atoms with van der Waals surface area (Å²) in [7, 11) is 0. The van der Waals surface area contributed by atoms with Crippen LogP contribution in [0.3, 0.4) is 0 Å². The number of carbonyl (C=O) groups is 1. The summed E-state index contributed by atoms with van der Waals surface area (Å²) in [5.74, 6) is 2.65. The Morgan fingerprint density at radius 2 is 2.22 bits per heavy atom. The van der Waals surface area contributed by atoms with Crippen LogP contribution in [0.25, 0.3) is 0 Å². The zero-order valence-electron chi connectivity index (χ0n) is 11.1. The predicted octanol–water partition coefficient (Wildman–Crippen LogP) is 3.61. The molecule has 3 heteroatoms. The Labute approximate surface area is 113 Å². The molecule has 1 aromatic rings. The highest BCUT2D eigenvalue weighted by Gasteiger charge is 2.42. The second kappa shape index (κ2) is 4.69. The minimum atomic E-state index is 0.114. The molecule has 18 heavy (non-hydrogen) atoms. The highest BCUT2D eigenvalue weighted by Crippen LogP contribution is 2.49. The molecule has 1 amide bonds. The molecule has 1 heterocycles. The highest BCUT2D eigenvalue weighted by atomic mass is 32.1. The largest absolute Gasteiger partial charge is 0.349 e. The van der Waals surface area contributed by atoms with Crippen molar-refractivity contribution in [1.29, 1.82) is 0 Å². The van der Waals surface area contributed by atoms with Crippen molar-refractivity contribution >= 4 is 17.2 Å². The number of hydrogen-bond acceptors (Lipinski definition) is 2. The first-order valence-electron chi connectivity index (χ1n) is 7.01. The van der Waals surface area contributed by atoms with Crippen molar-refractivity contribution in [1.82, 2.24) is 5.32 Å². The van der Waals surface area contributed by atoms with Gasteiger partial charge in [0.1, 0.15) is 0 Å². The molecule has 0 spiro atoms. The predicted molar refractivity (Wildman–Crippen MR) is 74.9 cm³/mol. The minimum absolute atomic E-state index is 0.114. The number of aryl methyl sites for hydroxylation is 1. The Morgan fingerprint density at radius 1 is 1.39 bits per heavy atom. The first-order valence-corrected chi connectivity index (χ1v) is 7.82. The van der Waals surface area contributed by atoms with Gasteiger partial charge >= 0.3 is 0 Å². The summed E-state index contributed by atoms with van der Waals surface area (Å²) in [5.41, 5.74) is 0. The first-order chi connectivity index (χ1) is 8.63. The van der Waals surface area contributed by atoms with Crippen LogP contribution in [-0.4, -0.2) is 11.9 Å². The molecular weight excluding hydrogens is 242 g/mol. The summed E-state index contributed by atoms with van der Waals surface area (Å²) in [6.07, 6.45) is 5.54. The van der Waals surface area contributed by atoms with E-state index in [0.717, 1.165) is 16.7 Å². The topological polar surface area (TPSA) is 29.1 Å². The van der Waals surface area contributed by atoms with Gasteiger partial charge in [0.25, 0.3) is 5.91 Å². The molecule has 1 N–H and O–H groups in total. The average Bonchev–Trinajstić information content (AvgIpc) is 3.03.